The Kier molecular flexibility index (Phi) is 7.01. The second-order valence-corrected chi connectivity index (χ2v) is 7.43. The van der Waals surface area contributed by atoms with Crippen LogP contribution in [0.1, 0.15) is 37.3 Å². The van der Waals surface area contributed by atoms with Gasteiger partial charge in [0.25, 0.3) is 5.56 Å². The molecule has 1 N–H and O–H groups in total. The number of amides is 1. The number of aryl methyl sites for hydroxylation is 1. The first-order chi connectivity index (χ1) is 14.5. The zero-order valence-corrected chi connectivity index (χ0v) is 17.6. The molecule has 1 aromatic heterocycles. The van der Waals surface area contributed by atoms with Gasteiger partial charge in [0.15, 0.2) is 0 Å². The fraction of sp³-hybridized carbons (Fsp3) is 0.292. The molecule has 0 saturated carbocycles. The predicted molar refractivity (Wildman–Crippen MR) is 117 cm³/mol. The van der Waals surface area contributed by atoms with E-state index in [4.69, 9.17) is 4.74 Å². The molecular formula is C24H27N3O3. The largest absolute Gasteiger partial charge is 0.497 e. The lowest BCUT2D eigenvalue weighted by Crippen LogP contribution is -2.28. The Hall–Kier alpha value is -3.41. The zero-order chi connectivity index (χ0) is 21.5. The van der Waals surface area contributed by atoms with E-state index in [2.05, 4.69) is 36.4 Å². The molecule has 0 bridgehead atoms. The molecule has 0 saturated heterocycles. The molecular weight excluding hydrogens is 378 g/mol. The molecule has 0 atom stereocenters. The predicted octanol–water partition coefficient (Wildman–Crippen LogP) is 3.75. The summed E-state index contributed by atoms with van der Waals surface area (Å²) in [5.41, 5.74) is 3.57. The highest BCUT2D eigenvalue weighted by atomic mass is 16.5. The van der Waals surface area contributed by atoms with Gasteiger partial charge in [-0.05, 0) is 35.2 Å². The van der Waals surface area contributed by atoms with Crippen LogP contribution in [0.3, 0.4) is 0 Å². The van der Waals surface area contributed by atoms with Gasteiger partial charge in [0.05, 0.1) is 19.3 Å². The number of methoxy groups -OCH3 is 1. The SMILES string of the molecule is COc1cccc(-c2ccc(=O)n(CCC(=O)NCc3ccc(C(C)C)cc3)n2)c1. The van der Waals surface area contributed by atoms with Crippen LogP contribution in [0.5, 0.6) is 5.75 Å². The number of nitrogens with zero attached hydrogens (tertiary/aromatic N) is 2. The fourth-order valence-corrected chi connectivity index (χ4v) is 3.06. The molecule has 0 unspecified atom stereocenters. The van der Waals surface area contributed by atoms with Crippen molar-refractivity contribution in [1.82, 2.24) is 15.1 Å². The number of aromatic nitrogens is 2. The summed E-state index contributed by atoms with van der Waals surface area (Å²) in [5, 5.41) is 7.30. The molecule has 1 amide bonds. The quantitative estimate of drug-likeness (QED) is 0.619. The molecule has 0 aliphatic rings. The second-order valence-electron chi connectivity index (χ2n) is 7.43. The van der Waals surface area contributed by atoms with Gasteiger partial charge in [-0.15, -0.1) is 0 Å². The van der Waals surface area contributed by atoms with Gasteiger partial charge < -0.3 is 10.1 Å². The van der Waals surface area contributed by atoms with E-state index in [0.717, 1.165) is 11.1 Å². The van der Waals surface area contributed by atoms with Crippen molar-refractivity contribution >= 4 is 5.91 Å². The summed E-state index contributed by atoms with van der Waals surface area (Å²) in [6.07, 6.45) is 0.179. The number of rotatable bonds is 8. The van der Waals surface area contributed by atoms with Crippen LogP contribution in [0.25, 0.3) is 11.3 Å². The van der Waals surface area contributed by atoms with Crippen molar-refractivity contribution in [2.75, 3.05) is 7.11 Å². The van der Waals surface area contributed by atoms with Crippen LogP contribution < -0.4 is 15.6 Å². The van der Waals surface area contributed by atoms with Gasteiger partial charge >= 0.3 is 0 Å². The van der Waals surface area contributed by atoms with E-state index in [1.54, 1.807) is 13.2 Å². The lowest BCUT2D eigenvalue weighted by Gasteiger charge is -2.10. The van der Waals surface area contributed by atoms with Crippen LogP contribution in [0.15, 0.2) is 65.5 Å². The number of hydrogen-bond acceptors (Lipinski definition) is 4. The topological polar surface area (TPSA) is 73.2 Å². The fourth-order valence-electron chi connectivity index (χ4n) is 3.06. The Morgan fingerprint density at radius 1 is 1.10 bits per heavy atom. The number of nitrogens with one attached hydrogen (secondary N) is 1. The average Bonchev–Trinajstić information content (AvgIpc) is 2.77. The zero-order valence-electron chi connectivity index (χ0n) is 17.6. The maximum atomic E-state index is 12.2. The molecule has 1 heterocycles. The minimum Gasteiger partial charge on any atom is -0.497 e. The van der Waals surface area contributed by atoms with E-state index in [1.807, 2.05) is 36.4 Å². The maximum Gasteiger partial charge on any atom is 0.266 e. The highest BCUT2D eigenvalue weighted by Gasteiger charge is 2.08. The van der Waals surface area contributed by atoms with Crippen LogP contribution in [-0.2, 0) is 17.9 Å². The first kappa shape index (κ1) is 21.3. The molecule has 3 rings (SSSR count). The minimum absolute atomic E-state index is 0.122. The Labute approximate surface area is 176 Å². The molecule has 2 aromatic carbocycles. The molecule has 0 spiro atoms. The lowest BCUT2D eigenvalue weighted by atomic mass is 10.0. The molecule has 0 fully saturated rings. The molecule has 0 aliphatic heterocycles. The Morgan fingerprint density at radius 3 is 2.57 bits per heavy atom. The summed E-state index contributed by atoms with van der Waals surface area (Å²) < 4.78 is 6.57. The Bertz CT molecular complexity index is 1060. The van der Waals surface area contributed by atoms with Crippen molar-refractivity contribution in [3.63, 3.8) is 0 Å². The first-order valence-electron chi connectivity index (χ1n) is 10.0. The van der Waals surface area contributed by atoms with E-state index in [0.29, 0.717) is 23.9 Å². The van der Waals surface area contributed by atoms with Gasteiger partial charge in [0.1, 0.15) is 5.75 Å². The molecule has 0 aliphatic carbocycles. The van der Waals surface area contributed by atoms with Crippen molar-refractivity contribution in [3.8, 4) is 17.0 Å². The van der Waals surface area contributed by atoms with Gasteiger partial charge in [0.2, 0.25) is 5.91 Å². The Balaban J connectivity index is 1.59. The molecule has 0 radical (unpaired) electrons. The summed E-state index contributed by atoms with van der Waals surface area (Å²) in [4.78, 5) is 24.4. The number of hydrogen-bond donors (Lipinski definition) is 1. The van der Waals surface area contributed by atoms with E-state index >= 15 is 0 Å². The van der Waals surface area contributed by atoms with Crippen molar-refractivity contribution in [2.45, 2.75) is 39.3 Å². The molecule has 6 nitrogen and oxygen atoms in total. The second kappa shape index (κ2) is 9.87. The lowest BCUT2D eigenvalue weighted by molar-refractivity contribution is -0.121. The maximum absolute atomic E-state index is 12.2. The van der Waals surface area contributed by atoms with Crippen LogP contribution in [0.4, 0.5) is 0 Å². The molecule has 30 heavy (non-hydrogen) atoms. The van der Waals surface area contributed by atoms with Crippen molar-refractivity contribution in [1.29, 1.82) is 0 Å². The third-order valence-electron chi connectivity index (χ3n) is 4.92. The average molecular weight is 405 g/mol. The van der Waals surface area contributed by atoms with Crippen LogP contribution >= 0.6 is 0 Å². The summed E-state index contributed by atoms with van der Waals surface area (Å²) in [7, 11) is 1.60. The number of carbonyl (C=O) groups is 1. The van der Waals surface area contributed by atoms with Crippen LogP contribution in [-0.4, -0.2) is 22.8 Å². The van der Waals surface area contributed by atoms with E-state index < -0.39 is 0 Å². The third-order valence-corrected chi connectivity index (χ3v) is 4.92. The van der Waals surface area contributed by atoms with Crippen LogP contribution in [0.2, 0.25) is 0 Å². The number of carbonyl (C=O) groups excluding carboxylic acids is 1. The van der Waals surface area contributed by atoms with E-state index in [9.17, 15) is 9.59 Å². The Morgan fingerprint density at radius 2 is 1.87 bits per heavy atom. The van der Waals surface area contributed by atoms with E-state index in [1.165, 1.54) is 16.3 Å². The first-order valence-corrected chi connectivity index (χ1v) is 10.0. The standard InChI is InChI=1S/C24H27N3O3/c1-17(2)19-9-7-18(8-10-19)16-25-23(28)13-14-27-24(29)12-11-22(26-27)20-5-4-6-21(15-20)30-3/h4-12,15,17H,13-14,16H2,1-3H3,(H,25,28). The highest BCUT2D eigenvalue weighted by Crippen LogP contribution is 2.21. The summed E-state index contributed by atoms with van der Waals surface area (Å²) in [6.45, 7) is 4.98. The minimum atomic E-state index is -0.237. The van der Waals surface area contributed by atoms with Gasteiger partial charge in [-0.25, -0.2) is 4.68 Å². The highest BCUT2D eigenvalue weighted by molar-refractivity contribution is 5.75. The summed E-state index contributed by atoms with van der Waals surface area (Å²) in [5.74, 6) is 1.07. The molecule has 156 valence electrons. The monoisotopic (exact) mass is 405 g/mol. The van der Waals surface area contributed by atoms with Gasteiger partial charge in [0, 0.05) is 24.6 Å². The summed E-state index contributed by atoms with van der Waals surface area (Å²) in [6, 6.07) is 18.8. The van der Waals surface area contributed by atoms with Crippen molar-refractivity contribution < 1.29 is 9.53 Å². The number of ether oxygens (including phenoxy) is 1. The van der Waals surface area contributed by atoms with Crippen molar-refractivity contribution in [3.05, 3.63) is 82.1 Å². The van der Waals surface area contributed by atoms with Crippen LogP contribution in [0, 0.1) is 0 Å². The number of benzene rings is 2. The van der Waals surface area contributed by atoms with Gasteiger partial charge in [-0.3, -0.25) is 9.59 Å². The van der Waals surface area contributed by atoms with Gasteiger partial charge in [-0.1, -0.05) is 50.2 Å². The van der Waals surface area contributed by atoms with Crippen molar-refractivity contribution in [2.24, 2.45) is 0 Å². The van der Waals surface area contributed by atoms with Gasteiger partial charge in [-0.2, -0.15) is 5.10 Å². The summed E-state index contributed by atoms with van der Waals surface area (Å²) >= 11 is 0. The molecule has 6 heteroatoms. The normalized spacial score (nSPS) is 10.8. The van der Waals surface area contributed by atoms with E-state index in [-0.39, 0.29) is 24.4 Å². The third kappa shape index (κ3) is 5.56. The molecule has 3 aromatic rings. The smallest absolute Gasteiger partial charge is 0.266 e.